The Morgan fingerprint density at radius 3 is 2.82 bits per heavy atom. The summed E-state index contributed by atoms with van der Waals surface area (Å²) in [6.07, 6.45) is 4.03. The van der Waals surface area contributed by atoms with Gasteiger partial charge in [0.05, 0.1) is 18.9 Å². The van der Waals surface area contributed by atoms with Gasteiger partial charge in [0.1, 0.15) is 0 Å². The minimum atomic E-state index is 0.507. The van der Waals surface area contributed by atoms with E-state index in [0.29, 0.717) is 18.3 Å². The van der Waals surface area contributed by atoms with Crippen LogP contribution in [-0.4, -0.2) is 11.6 Å². The zero-order valence-corrected chi connectivity index (χ0v) is 10.2. The number of nitrogens with zero attached hydrogens (tertiary/aromatic N) is 1. The number of ether oxygens (including phenoxy) is 1. The molecule has 0 unspecified atom stereocenters. The molecule has 2 N–H and O–H groups in total. The first kappa shape index (κ1) is 11.8. The van der Waals surface area contributed by atoms with Crippen LogP contribution in [0.3, 0.4) is 0 Å². The third-order valence-corrected chi connectivity index (χ3v) is 2.87. The molecule has 2 rings (SSSR count). The average Bonchev–Trinajstić information content (AvgIpc) is 2.76. The smallest absolute Gasteiger partial charge is 0.180 e. The molecule has 0 fully saturated rings. The summed E-state index contributed by atoms with van der Waals surface area (Å²) >= 11 is 1.43. The van der Waals surface area contributed by atoms with E-state index in [0.717, 1.165) is 5.69 Å². The summed E-state index contributed by atoms with van der Waals surface area (Å²) in [6.45, 7) is 1.08. The van der Waals surface area contributed by atoms with Gasteiger partial charge in [0.15, 0.2) is 5.13 Å². The Morgan fingerprint density at radius 2 is 2.12 bits per heavy atom. The monoisotopic (exact) mass is 246 g/mol. The Labute approximate surface area is 105 Å². The van der Waals surface area contributed by atoms with Crippen molar-refractivity contribution in [3.05, 3.63) is 53.0 Å². The largest absolute Gasteiger partial charge is 0.375 e. The highest BCUT2D eigenvalue weighted by atomic mass is 32.1. The lowest BCUT2D eigenvalue weighted by molar-refractivity contribution is 0.146. The lowest BCUT2D eigenvalue weighted by atomic mass is 10.2. The fraction of sp³-hybridized carbons (Fsp3) is 0.154. The van der Waals surface area contributed by atoms with E-state index < -0.39 is 0 Å². The molecule has 0 aliphatic heterocycles. The zero-order chi connectivity index (χ0) is 11.9. The molecule has 0 aliphatic carbocycles. The first-order chi connectivity index (χ1) is 8.34. The van der Waals surface area contributed by atoms with Gasteiger partial charge in [-0.15, -0.1) is 11.3 Å². The summed E-state index contributed by atoms with van der Waals surface area (Å²) in [4.78, 5) is 4.11. The fourth-order valence-electron chi connectivity index (χ4n) is 1.37. The van der Waals surface area contributed by atoms with Crippen molar-refractivity contribution in [2.24, 2.45) is 0 Å². The van der Waals surface area contributed by atoms with Gasteiger partial charge >= 0.3 is 0 Å². The lowest BCUT2D eigenvalue weighted by Gasteiger charge is -1.97. The number of anilines is 1. The number of aromatic nitrogens is 1. The van der Waals surface area contributed by atoms with Gasteiger partial charge in [-0.3, -0.25) is 0 Å². The van der Waals surface area contributed by atoms with Gasteiger partial charge in [-0.2, -0.15) is 0 Å². The molecule has 0 aliphatic rings. The van der Waals surface area contributed by atoms with Gasteiger partial charge in [-0.05, 0) is 5.56 Å². The normalized spacial score (nSPS) is 11.1. The number of nitrogen functional groups attached to an aromatic ring is 1. The van der Waals surface area contributed by atoms with Gasteiger partial charge in [0, 0.05) is 5.38 Å². The van der Waals surface area contributed by atoms with Crippen molar-refractivity contribution in [2.75, 3.05) is 12.3 Å². The van der Waals surface area contributed by atoms with Crippen LogP contribution in [0.2, 0.25) is 0 Å². The highest BCUT2D eigenvalue weighted by Gasteiger charge is 1.97. The third kappa shape index (κ3) is 4.01. The van der Waals surface area contributed by atoms with Crippen LogP contribution in [0, 0.1) is 0 Å². The molecule has 1 heterocycles. The summed E-state index contributed by atoms with van der Waals surface area (Å²) in [5.41, 5.74) is 7.59. The molecule has 0 radical (unpaired) electrons. The van der Waals surface area contributed by atoms with Gasteiger partial charge in [-0.25, -0.2) is 4.98 Å². The highest BCUT2D eigenvalue weighted by Crippen LogP contribution is 2.11. The van der Waals surface area contributed by atoms with Gasteiger partial charge < -0.3 is 10.5 Å². The maximum absolute atomic E-state index is 5.52. The number of hydrogen-bond acceptors (Lipinski definition) is 4. The minimum Gasteiger partial charge on any atom is -0.375 e. The minimum absolute atomic E-state index is 0.507. The van der Waals surface area contributed by atoms with E-state index in [1.807, 2.05) is 35.7 Å². The average molecular weight is 246 g/mol. The molecule has 2 aromatic rings. The van der Waals surface area contributed by atoms with Crippen LogP contribution in [0.4, 0.5) is 5.13 Å². The Bertz CT molecular complexity index is 479. The Morgan fingerprint density at radius 1 is 1.29 bits per heavy atom. The summed E-state index contributed by atoms with van der Waals surface area (Å²) in [5, 5.41) is 2.50. The van der Waals surface area contributed by atoms with Crippen LogP contribution in [0.1, 0.15) is 11.3 Å². The van der Waals surface area contributed by atoms with Crippen LogP contribution in [-0.2, 0) is 11.3 Å². The predicted octanol–water partition coefficient (Wildman–Crippen LogP) is 2.96. The number of benzene rings is 1. The molecule has 17 heavy (non-hydrogen) atoms. The number of hydrogen-bond donors (Lipinski definition) is 1. The quantitative estimate of drug-likeness (QED) is 0.825. The van der Waals surface area contributed by atoms with Gasteiger partial charge in [-0.1, -0.05) is 42.5 Å². The van der Waals surface area contributed by atoms with Crippen molar-refractivity contribution in [2.45, 2.75) is 6.61 Å². The zero-order valence-electron chi connectivity index (χ0n) is 9.37. The molecule has 1 aromatic carbocycles. The van der Waals surface area contributed by atoms with Crippen molar-refractivity contribution < 1.29 is 4.74 Å². The van der Waals surface area contributed by atoms with Crippen LogP contribution < -0.4 is 5.73 Å². The second kappa shape index (κ2) is 6.18. The lowest BCUT2D eigenvalue weighted by Crippen LogP contribution is -1.93. The van der Waals surface area contributed by atoms with E-state index in [4.69, 9.17) is 10.5 Å². The number of rotatable bonds is 5. The van der Waals surface area contributed by atoms with Gasteiger partial charge in [0.25, 0.3) is 0 Å². The van der Waals surface area contributed by atoms with Crippen LogP contribution >= 0.6 is 11.3 Å². The summed E-state index contributed by atoms with van der Waals surface area (Å²) in [7, 11) is 0. The third-order valence-electron chi connectivity index (χ3n) is 2.14. The molecule has 0 saturated carbocycles. The predicted molar refractivity (Wildman–Crippen MR) is 71.7 cm³/mol. The number of thiazole rings is 1. The van der Waals surface area contributed by atoms with Crippen molar-refractivity contribution in [1.82, 2.24) is 4.98 Å². The molecule has 0 bridgehead atoms. The van der Waals surface area contributed by atoms with E-state index in [9.17, 15) is 0 Å². The summed E-state index contributed by atoms with van der Waals surface area (Å²) < 4.78 is 5.46. The first-order valence-electron chi connectivity index (χ1n) is 5.34. The highest BCUT2D eigenvalue weighted by molar-refractivity contribution is 7.13. The first-order valence-corrected chi connectivity index (χ1v) is 6.22. The topological polar surface area (TPSA) is 48.1 Å². The van der Waals surface area contributed by atoms with Gasteiger partial charge in [0.2, 0.25) is 0 Å². The molecule has 0 spiro atoms. The molecule has 0 amide bonds. The SMILES string of the molecule is Nc1nc(COCC=Cc2ccccc2)cs1. The molecule has 3 nitrogen and oxygen atoms in total. The molecule has 4 heteroatoms. The Kier molecular flexibility index (Phi) is 4.30. The van der Waals surface area contributed by atoms with Crippen molar-refractivity contribution in [1.29, 1.82) is 0 Å². The van der Waals surface area contributed by atoms with Crippen LogP contribution in [0.15, 0.2) is 41.8 Å². The second-order valence-electron chi connectivity index (χ2n) is 3.51. The molecular weight excluding hydrogens is 232 g/mol. The molecule has 88 valence electrons. The Balaban J connectivity index is 1.71. The van der Waals surface area contributed by atoms with Crippen LogP contribution in [0.5, 0.6) is 0 Å². The van der Waals surface area contributed by atoms with Crippen molar-refractivity contribution in [3.63, 3.8) is 0 Å². The molecule has 0 atom stereocenters. The van der Waals surface area contributed by atoms with Crippen molar-refractivity contribution >= 4 is 22.5 Å². The maximum Gasteiger partial charge on any atom is 0.180 e. The fourth-order valence-corrected chi connectivity index (χ4v) is 1.92. The molecule has 0 saturated heterocycles. The second-order valence-corrected chi connectivity index (χ2v) is 4.39. The van der Waals surface area contributed by atoms with E-state index in [2.05, 4.69) is 17.1 Å². The van der Waals surface area contributed by atoms with Crippen LogP contribution in [0.25, 0.3) is 6.08 Å². The van der Waals surface area contributed by atoms with E-state index in [1.54, 1.807) is 0 Å². The maximum atomic E-state index is 5.52. The Hall–Kier alpha value is -1.65. The summed E-state index contributed by atoms with van der Waals surface area (Å²) in [5.74, 6) is 0. The summed E-state index contributed by atoms with van der Waals surface area (Å²) in [6, 6.07) is 10.1. The number of nitrogens with two attached hydrogens (primary N) is 1. The van der Waals surface area contributed by atoms with E-state index >= 15 is 0 Å². The molecular formula is C13H14N2OS. The van der Waals surface area contributed by atoms with E-state index in [-0.39, 0.29) is 0 Å². The standard InChI is InChI=1S/C13H14N2OS/c14-13-15-12(10-17-13)9-16-8-4-7-11-5-2-1-3-6-11/h1-7,10H,8-9H2,(H2,14,15). The molecule has 1 aromatic heterocycles. The van der Waals surface area contributed by atoms with Crippen molar-refractivity contribution in [3.8, 4) is 0 Å². The van der Waals surface area contributed by atoms with E-state index in [1.165, 1.54) is 16.9 Å².